The summed E-state index contributed by atoms with van der Waals surface area (Å²) in [7, 11) is -3.66. The monoisotopic (exact) mass is 346 g/mol. The molecule has 0 amide bonds. The van der Waals surface area contributed by atoms with Crippen LogP contribution in [-0.4, -0.2) is 29.7 Å². The van der Waals surface area contributed by atoms with Gasteiger partial charge in [0.2, 0.25) is 10.0 Å². The van der Waals surface area contributed by atoms with Gasteiger partial charge in [0, 0.05) is 30.7 Å². The van der Waals surface area contributed by atoms with Crippen LogP contribution >= 0.6 is 0 Å². The molecule has 2 aromatic heterocycles. The molecule has 0 fully saturated rings. The van der Waals surface area contributed by atoms with Crippen molar-refractivity contribution in [3.8, 4) is 11.3 Å². The maximum atomic E-state index is 12.9. The molecule has 8 heteroatoms. The number of hydrogen-bond acceptors (Lipinski definition) is 4. The predicted molar refractivity (Wildman–Crippen MR) is 87.0 cm³/mol. The normalized spacial score (nSPS) is 11.5. The first kappa shape index (κ1) is 16.3. The van der Waals surface area contributed by atoms with Gasteiger partial charge in [-0.25, -0.2) is 17.5 Å². The van der Waals surface area contributed by atoms with Crippen LogP contribution in [-0.2, 0) is 16.6 Å². The number of rotatable bonds is 6. The van der Waals surface area contributed by atoms with Crippen molar-refractivity contribution < 1.29 is 12.8 Å². The summed E-state index contributed by atoms with van der Waals surface area (Å²) >= 11 is 0. The number of sulfonamides is 1. The molecular formula is C16H15FN4O2S. The van der Waals surface area contributed by atoms with E-state index in [1.807, 2.05) is 18.2 Å². The molecule has 2 heterocycles. The lowest BCUT2D eigenvalue weighted by Crippen LogP contribution is -2.27. The standard InChI is InChI=1S/C16H15FN4O2S/c17-14-1-3-15(4-2-14)24(22,23)19-10-12-21-11-7-16(20-21)13-5-8-18-9-6-13/h1-9,11,19H,10,12H2. The van der Waals surface area contributed by atoms with Crippen molar-refractivity contribution in [2.24, 2.45) is 0 Å². The number of aromatic nitrogens is 3. The van der Waals surface area contributed by atoms with Crippen LogP contribution in [0, 0.1) is 5.82 Å². The fraction of sp³-hybridized carbons (Fsp3) is 0.125. The number of nitrogens with zero attached hydrogens (tertiary/aromatic N) is 3. The van der Waals surface area contributed by atoms with Gasteiger partial charge in [-0.15, -0.1) is 0 Å². The Morgan fingerprint density at radius 3 is 2.46 bits per heavy atom. The molecular weight excluding hydrogens is 331 g/mol. The van der Waals surface area contributed by atoms with Crippen molar-refractivity contribution in [1.82, 2.24) is 19.5 Å². The fourth-order valence-corrected chi connectivity index (χ4v) is 3.18. The molecule has 0 saturated carbocycles. The molecule has 1 N–H and O–H groups in total. The van der Waals surface area contributed by atoms with Gasteiger partial charge >= 0.3 is 0 Å². The van der Waals surface area contributed by atoms with E-state index in [-0.39, 0.29) is 11.4 Å². The molecule has 0 aliphatic carbocycles. The molecule has 0 radical (unpaired) electrons. The maximum absolute atomic E-state index is 12.9. The molecule has 3 aromatic rings. The lowest BCUT2D eigenvalue weighted by molar-refractivity contribution is 0.561. The van der Waals surface area contributed by atoms with Crippen molar-refractivity contribution >= 4 is 10.0 Å². The average Bonchev–Trinajstić information content (AvgIpc) is 3.05. The zero-order valence-electron chi connectivity index (χ0n) is 12.6. The van der Waals surface area contributed by atoms with Crippen LogP contribution in [0.15, 0.2) is 66.0 Å². The van der Waals surface area contributed by atoms with Crippen LogP contribution in [0.5, 0.6) is 0 Å². The number of nitrogens with one attached hydrogen (secondary N) is 1. The molecule has 0 aliphatic heterocycles. The third-order valence-corrected chi connectivity index (χ3v) is 4.85. The predicted octanol–water partition coefficient (Wildman–Crippen LogP) is 2.06. The Bertz CT molecular complexity index is 909. The van der Waals surface area contributed by atoms with E-state index in [0.717, 1.165) is 23.4 Å². The molecule has 0 spiro atoms. The minimum absolute atomic E-state index is 0.0295. The van der Waals surface area contributed by atoms with E-state index < -0.39 is 15.8 Å². The summed E-state index contributed by atoms with van der Waals surface area (Å²) in [6.07, 6.45) is 5.15. The summed E-state index contributed by atoms with van der Waals surface area (Å²) in [6, 6.07) is 10.2. The summed E-state index contributed by atoms with van der Waals surface area (Å²) in [4.78, 5) is 3.98. The van der Waals surface area contributed by atoms with Gasteiger partial charge in [0.15, 0.2) is 0 Å². The van der Waals surface area contributed by atoms with Gasteiger partial charge in [-0.3, -0.25) is 9.67 Å². The average molecular weight is 346 g/mol. The highest BCUT2D eigenvalue weighted by Gasteiger charge is 2.13. The first-order valence-electron chi connectivity index (χ1n) is 7.24. The Morgan fingerprint density at radius 1 is 1.04 bits per heavy atom. The second-order valence-electron chi connectivity index (χ2n) is 5.05. The van der Waals surface area contributed by atoms with Crippen molar-refractivity contribution in [3.05, 3.63) is 66.9 Å². The van der Waals surface area contributed by atoms with Gasteiger partial charge in [0.25, 0.3) is 0 Å². The van der Waals surface area contributed by atoms with Crippen molar-refractivity contribution in [2.45, 2.75) is 11.4 Å². The third kappa shape index (κ3) is 3.84. The van der Waals surface area contributed by atoms with Crippen molar-refractivity contribution in [3.63, 3.8) is 0 Å². The lowest BCUT2D eigenvalue weighted by Gasteiger charge is -2.07. The van der Waals surface area contributed by atoms with Gasteiger partial charge in [-0.05, 0) is 42.5 Å². The van der Waals surface area contributed by atoms with Crippen LogP contribution in [0.25, 0.3) is 11.3 Å². The third-order valence-electron chi connectivity index (χ3n) is 3.37. The topological polar surface area (TPSA) is 76.9 Å². The molecule has 3 rings (SSSR count). The minimum atomic E-state index is -3.66. The Kier molecular flexibility index (Phi) is 4.68. The lowest BCUT2D eigenvalue weighted by atomic mass is 10.2. The van der Waals surface area contributed by atoms with Crippen LogP contribution in [0.2, 0.25) is 0 Å². The second kappa shape index (κ2) is 6.90. The van der Waals surface area contributed by atoms with E-state index in [1.54, 1.807) is 23.3 Å². The zero-order chi connectivity index (χ0) is 17.0. The number of halogens is 1. The first-order chi connectivity index (χ1) is 11.5. The van der Waals surface area contributed by atoms with E-state index in [9.17, 15) is 12.8 Å². The van der Waals surface area contributed by atoms with Gasteiger partial charge in [-0.1, -0.05) is 0 Å². The van der Waals surface area contributed by atoms with Crippen LogP contribution < -0.4 is 4.72 Å². The van der Waals surface area contributed by atoms with Crippen LogP contribution in [0.3, 0.4) is 0 Å². The quantitative estimate of drug-likeness (QED) is 0.741. The minimum Gasteiger partial charge on any atom is -0.271 e. The summed E-state index contributed by atoms with van der Waals surface area (Å²) in [5.41, 5.74) is 1.73. The maximum Gasteiger partial charge on any atom is 0.240 e. The Labute approximate surface area is 139 Å². The summed E-state index contributed by atoms with van der Waals surface area (Å²) in [5.74, 6) is -0.478. The molecule has 6 nitrogen and oxygen atoms in total. The number of pyridine rings is 1. The Morgan fingerprint density at radius 2 is 1.75 bits per heavy atom. The van der Waals surface area contributed by atoms with E-state index >= 15 is 0 Å². The van der Waals surface area contributed by atoms with Gasteiger partial charge in [0.05, 0.1) is 17.1 Å². The largest absolute Gasteiger partial charge is 0.271 e. The highest BCUT2D eigenvalue weighted by atomic mass is 32.2. The van der Waals surface area contributed by atoms with Crippen LogP contribution in [0.4, 0.5) is 4.39 Å². The number of benzene rings is 1. The van der Waals surface area contributed by atoms with Crippen LogP contribution in [0.1, 0.15) is 0 Å². The van der Waals surface area contributed by atoms with E-state index in [0.29, 0.717) is 6.54 Å². The molecule has 24 heavy (non-hydrogen) atoms. The summed E-state index contributed by atoms with van der Waals surface area (Å²) in [6.45, 7) is 0.558. The molecule has 124 valence electrons. The zero-order valence-corrected chi connectivity index (χ0v) is 13.4. The molecule has 0 unspecified atom stereocenters. The van der Waals surface area contributed by atoms with Crippen molar-refractivity contribution in [1.29, 1.82) is 0 Å². The molecule has 0 saturated heterocycles. The molecule has 1 aromatic carbocycles. The molecule has 0 bridgehead atoms. The van der Waals surface area contributed by atoms with Gasteiger partial charge in [0.1, 0.15) is 5.82 Å². The highest BCUT2D eigenvalue weighted by molar-refractivity contribution is 7.89. The van der Waals surface area contributed by atoms with E-state index in [2.05, 4.69) is 14.8 Å². The smallest absolute Gasteiger partial charge is 0.240 e. The Balaban J connectivity index is 1.60. The first-order valence-corrected chi connectivity index (χ1v) is 8.72. The Hall–Kier alpha value is -2.58. The molecule has 0 aliphatic rings. The van der Waals surface area contributed by atoms with Crippen molar-refractivity contribution in [2.75, 3.05) is 6.54 Å². The van der Waals surface area contributed by atoms with Gasteiger partial charge in [-0.2, -0.15) is 5.10 Å². The van der Waals surface area contributed by atoms with E-state index in [1.165, 1.54) is 12.1 Å². The SMILES string of the molecule is O=S(=O)(NCCn1ccc(-c2ccncc2)n1)c1ccc(F)cc1. The fourth-order valence-electron chi connectivity index (χ4n) is 2.15. The highest BCUT2D eigenvalue weighted by Crippen LogP contribution is 2.15. The van der Waals surface area contributed by atoms with E-state index in [4.69, 9.17) is 0 Å². The second-order valence-corrected chi connectivity index (χ2v) is 6.82. The summed E-state index contributed by atoms with van der Waals surface area (Å²) in [5, 5.41) is 4.39. The molecule has 0 atom stereocenters. The number of hydrogen-bond donors (Lipinski definition) is 1. The van der Waals surface area contributed by atoms with Gasteiger partial charge < -0.3 is 0 Å². The summed E-state index contributed by atoms with van der Waals surface area (Å²) < 4.78 is 41.2.